The van der Waals surface area contributed by atoms with Gasteiger partial charge >= 0.3 is 6.03 Å². The molecule has 0 aromatic carbocycles. The first-order valence-corrected chi connectivity index (χ1v) is 4.29. The molecule has 78 valence electrons. The van der Waals surface area contributed by atoms with Crippen LogP contribution in [-0.4, -0.2) is 13.1 Å². The van der Waals surface area contributed by atoms with E-state index >= 15 is 0 Å². The number of furan rings is 1. The van der Waals surface area contributed by atoms with Crippen molar-refractivity contribution < 1.29 is 14.0 Å². The summed E-state index contributed by atoms with van der Waals surface area (Å²) in [7, 11) is 1.38. The number of hydrogen-bond acceptors (Lipinski definition) is 3. The summed E-state index contributed by atoms with van der Waals surface area (Å²) in [4.78, 5) is 15.5. The summed E-state index contributed by atoms with van der Waals surface area (Å²) in [6.07, 6.45) is 0. The van der Waals surface area contributed by atoms with Gasteiger partial charge in [-0.2, -0.15) is 0 Å². The van der Waals surface area contributed by atoms with Crippen LogP contribution in [0.15, 0.2) is 16.5 Å². The summed E-state index contributed by atoms with van der Waals surface area (Å²) in [5.74, 6) is 1.54. The molecule has 0 aliphatic heterocycles. The number of aryl methyl sites for hydroxylation is 1. The fourth-order valence-corrected chi connectivity index (χ4v) is 1.08. The van der Waals surface area contributed by atoms with E-state index in [1.54, 1.807) is 0 Å². The highest BCUT2D eigenvalue weighted by Gasteiger charge is 2.11. The number of hydrogen-bond donors (Lipinski definition) is 2. The summed E-state index contributed by atoms with van der Waals surface area (Å²) < 4.78 is 5.34. The van der Waals surface area contributed by atoms with Crippen molar-refractivity contribution in [1.29, 1.82) is 0 Å². The van der Waals surface area contributed by atoms with Gasteiger partial charge in [-0.1, -0.05) is 0 Å². The minimum Gasteiger partial charge on any atom is -0.464 e. The summed E-state index contributed by atoms with van der Waals surface area (Å²) >= 11 is 0. The molecule has 1 atom stereocenters. The van der Waals surface area contributed by atoms with Gasteiger partial charge in [0.2, 0.25) is 0 Å². The number of urea groups is 1. The molecule has 1 heterocycles. The van der Waals surface area contributed by atoms with Crippen LogP contribution in [0.3, 0.4) is 0 Å². The van der Waals surface area contributed by atoms with Gasteiger partial charge in [-0.15, -0.1) is 0 Å². The molecule has 0 saturated carbocycles. The minimum atomic E-state index is -0.394. The van der Waals surface area contributed by atoms with Crippen LogP contribution in [0.25, 0.3) is 0 Å². The van der Waals surface area contributed by atoms with Crippen molar-refractivity contribution in [2.45, 2.75) is 19.9 Å². The number of amides is 2. The van der Waals surface area contributed by atoms with Gasteiger partial charge in [-0.05, 0) is 26.0 Å². The molecule has 0 bridgehead atoms. The van der Waals surface area contributed by atoms with Gasteiger partial charge < -0.3 is 9.73 Å². The average Bonchev–Trinajstić information content (AvgIpc) is 2.52. The average molecular weight is 198 g/mol. The van der Waals surface area contributed by atoms with E-state index in [2.05, 4.69) is 15.6 Å². The lowest BCUT2D eigenvalue weighted by Gasteiger charge is -2.10. The Morgan fingerprint density at radius 2 is 2.29 bits per heavy atom. The Morgan fingerprint density at radius 1 is 1.57 bits per heavy atom. The Labute approximate surface area is 82.4 Å². The van der Waals surface area contributed by atoms with Gasteiger partial charge in [0.15, 0.2) is 0 Å². The fraction of sp³-hybridized carbons (Fsp3) is 0.444. The molecular weight excluding hydrogens is 184 g/mol. The molecule has 14 heavy (non-hydrogen) atoms. The molecule has 1 rings (SSSR count). The topological polar surface area (TPSA) is 63.5 Å². The highest BCUT2D eigenvalue weighted by Crippen LogP contribution is 2.14. The van der Waals surface area contributed by atoms with E-state index in [9.17, 15) is 4.79 Å². The summed E-state index contributed by atoms with van der Waals surface area (Å²) in [5, 5.41) is 2.64. The maximum absolute atomic E-state index is 11.0. The molecule has 0 unspecified atom stereocenters. The molecule has 0 radical (unpaired) electrons. The van der Waals surface area contributed by atoms with E-state index in [-0.39, 0.29) is 6.04 Å². The maximum Gasteiger partial charge on any atom is 0.339 e. The minimum absolute atomic E-state index is 0.182. The number of nitrogens with one attached hydrogen (secondary N) is 2. The van der Waals surface area contributed by atoms with Gasteiger partial charge in [-0.25, -0.2) is 10.3 Å². The zero-order valence-electron chi connectivity index (χ0n) is 8.46. The van der Waals surface area contributed by atoms with Crippen LogP contribution in [-0.2, 0) is 4.84 Å². The fourth-order valence-electron chi connectivity index (χ4n) is 1.08. The van der Waals surface area contributed by atoms with Crippen molar-refractivity contribution in [1.82, 2.24) is 10.8 Å². The van der Waals surface area contributed by atoms with E-state index in [0.29, 0.717) is 5.76 Å². The first-order chi connectivity index (χ1) is 6.63. The second-order valence-electron chi connectivity index (χ2n) is 2.95. The number of carbonyl (C=O) groups excluding carboxylic acids is 1. The van der Waals surface area contributed by atoms with Gasteiger partial charge in [0, 0.05) is 0 Å². The van der Waals surface area contributed by atoms with E-state index in [1.807, 2.05) is 26.0 Å². The van der Waals surface area contributed by atoms with Crippen LogP contribution >= 0.6 is 0 Å². The van der Waals surface area contributed by atoms with Gasteiger partial charge in [0.25, 0.3) is 0 Å². The molecule has 0 aliphatic rings. The summed E-state index contributed by atoms with van der Waals surface area (Å²) in [6, 6.07) is 3.10. The second-order valence-corrected chi connectivity index (χ2v) is 2.95. The standard InChI is InChI=1S/C9H14N2O3/c1-6-4-5-8(14-6)7(2)10-9(12)11-13-3/h4-5,7H,1-3H3,(H2,10,11,12)/t7-/m0/s1. The number of rotatable bonds is 3. The summed E-state index contributed by atoms with van der Waals surface area (Å²) in [6.45, 7) is 3.68. The highest BCUT2D eigenvalue weighted by atomic mass is 16.6. The van der Waals surface area contributed by atoms with Crippen molar-refractivity contribution in [2.75, 3.05) is 7.11 Å². The normalized spacial score (nSPS) is 12.2. The molecular formula is C9H14N2O3. The maximum atomic E-state index is 11.0. The predicted molar refractivity (Wildman–Crippen MR) is 50.5 cm³/mol. The zero-order chi connectivity index (χ0) is 10.6. The highest BCUT2D eigenvalue weighted by molar-refractivity contribution is 5.73. The monoisotopic (exact) mass is 198 g/mol. The second kappa shape index (κ2) is 4.66. The number of hydroxylamine groups is 1. The van der Waals surface area contributed by atoms with E-state index < -0.39 is 6.03 Å². The lowest BCUT2D eigenvalue weighted by molar-refractivity contribution is 0.106. The molecule has 0 fully saturated rings. The van der Waals surface area contributed by atoms with Gasteiger partial charge in [-0.3, -0.25) is 4.84 Å². The van der Waals surface area contributed by atoms with Crippen molar-refractivity contribution in [3.8, 4) is 0 Å². The Bertz CT molecular complexity index is 309. The molecule has 0 saturated heterocycles. The number of carbonyl (C=O) groups is 1. The van der Waals surface area contributed by atoms with Crippen molar-refractivity contribution in [3.63, 3.8) is 0 Å². The first kappa shape index (κ1) is 10.6. The van der Waals surface area contributed by atoms with E-state index in [0.717, 1.165) is 5.76 Å². The lowest BCUT2D eigenvalue weighted by atomic mass is 10.2. The predicted octanol–water partition coefficient (Wildman–Crippen LogP) is 1.51. The van der Waals surface area contributed by atoms with E-state index in [4.69, 9.17) is 4.42 Å². The molecule has 1 aromatic heterocycles. The van der Waals surface area contributed by atoms with E-state index in [1.165, 1.54) is 7.11 Å². The summed E-state index contributed by atoms with van der Waals surface area (Å²) in [5.41, 5.74) is 2.16. The molecule has 1 aromatic rings. The van der Waals surface area contributed by atoms with Crippen LogP contribution in [0.2, 0.25) is 0 Å². The smallest absolute Gasteiger partial charge is 0.339 e. The van der Waals surface area contributed by atoms with Crippen molar-refractivity contribution in [3.05, 3.63) is 23.7 Å². The Kier molecular flexibility index (Phi) is 3.53. The Balaban J connectivity index is 2.50. The third kappa shape index (κ3) is 2.77. The zero-order valence-corrected chi connectivity index (χ0v) is 8.46. The third-order valence-electron chi connectivity index (χ3n) is 1.73. The van der Waals surface area contributed by atoms with Crippen molar-refractivity contribution in [2.24, 2.45) is 0 Å². The van der Waals surface area contributed by atoms with Crippen molar-refractivity contribution >= 4 is 6.03 Å². The Morgan fingerprint density at radius 3 is 2.79 bits per heavy atom. The largest absolute Gasteiger partial charge is 0.464 e. The molecule has 2 N–H and O–H groups in total. The molecule has 5 nitrogen and oxygen atoms in total. The SMILES string of the molecule is CONC(=O)N[C@@H](C)c1ccc(C)o1. The van der Waals surface area contributed by atoms with Crippen LogP contribution in [0.5, 0.6) is 0 Å². The molecule has 0 aliphatic carbocycles. The first-order valence-electron chi connectivity index (χ1n) is 4.29. The van der Waals surface area contributed by atoms with Crippen LogP contribution in [0, 0.1) is 6.92 Å². The van der Waals surface area contributed by atoms with Gasteiger partial charge in [0.05, 0.1) is 13.2 Å². The van der Waals surface area contributed by atoms with Crippen LogP contribution < -0.4 is 10.8 Å². The van der Waals surface area contributed by atoms with Crippen LogP contribution in [0.1, 0.15) is 24.5 Å². The van der Waals surface area contributed by atoms with Gasteiger partial charge in [0.1, 0.15) is 11.5 Å². The van der Waals surface area contributed by atoms with Crippen LogP contribution in [0.4, 0.5) is 4.79 Å². The molecule has 5 heteroatoms. The molecule has 0 spiro atoms. The third-order valence-corrected chi connectivity index (χ3v) is 1.73. The lowest BCUT2D eigenvalue weighted by Crippen LogP contribution is -2.36. The Hall–Kier alpha value is -1.49. The quantitative estimate of drug-likeness (QED) is 0.723. The molecule has 2 amide bonds.